The molecule has 1 heterocycles. The summed E-state index contributed by atoms with van der Waals surface area (Å²) in [6, 6.07) is 13.3. The maximum atomic E-state index is 12.5. The lowest BCUT2D eigenvalue weighted by Gasteiger charge is -2.32. The van der Waals surface area contributed by atoms with Crippen LogP contribution in [0.1, 0.15) is 33.8 Å². The Labute approximate surface area is 158 Å². The summed E-state index contributed by atoms with van der Waals surface area (Å²) >= 11 is 12.1. The Hall–Kier alpha value is -1.55. The SMILES string of the molecule is Cc1ccc(Cl)c(C(=O)NCC2CCOCC2c2ccc(Cl)cc2)c1. The molecule has 1 amide bonds. The van der Waals surface area contributed by atoms with Gasteiger partial charge in [-0.05, 0) is 49.1 Å². The fraction of sp³-hybridized carbons (Fsp3) is 0.350. The van der Waals surface area contributed by atoms with Crippen molar-refractivity contribution in [3.63, 3.8) is 0 Å². The number of amides is 1. The molecule has 3 rings (SSSR count). The van der Waals surface area contributed by atoms with Crippen LogP contribution in [0.25, 0.3) is 0 Å². The number of rotatable bonds is 4. The predicted molar refractivity (Wildman–Crippen MR) is 102 cm³/mol. The van der Waals surface area contributed by atoms with Crippen LogP contribution in [0.2, 0.25) is 10.0 Å². The van der Waals surface area contributed by atoms with E-state index in [0.717, 1.165) is 23.6 Å². The summed E-state index contributed by atoms with van der Waals surface area (Å²) in [5.74, 6) is 0.441. The van der Waals surface area contributed by atoms with Crippen LogP contribution in [0.15, 0.2) is 42.5 Å². The van der Waals surface area contributed by atoms with Crippen LogP contribution in [0, 0.1) is 12.8 Å². The Bertz CT molecular complexity index is 746. The summed E-state index contributed by atoms with van der Waals surface area (Å²) in [4.78, 5) is 12.5. The molecule has 25 heavy (non-hydrogen) atoms. The van der Waals surface area contributed by atoms with Crippen LogP contribution < -0.4 is 5.32 Å². The van der Waals surface area contributed by atoms with Crippen molar-refractivity contribution in [2.24, 2.45) is 5.92 Å². The van der Waals surface area contributed by atoms with Gasteiger partial charge in [-0.1, -0.05) is 47.0 Å². The molecule has 0 radical (unpaired) electrons. The number of carbonyl (C=O) groups excluding carboxylic acids is 1. The Morgan fingerprint density at radius 3 is 2.72 bits per heavy atom. The molecule has 5 heteroatoms. The molecule has 2 atom stereocenters. The number of nitrogens with one attached hydrogen (secondary N) is 1. The van der Waals surface area contributed by atoms with Gasteiger partial charge in [0, 0.05) is 24.1 Å². The number of halogens is 2. The lowest BCUT2D eigenvalue weighted by atomic mass is 9.83. The minimum atomic E-state index is -0.130. The molecule has 2 aromatic carbocycles. The zero-order chi connectivity index (χ0) is 17.8. The monoisotopic (exact) mass is 377 g/mol. The van der Waals surface area contributed by atoms with Crippen molar-refractivity contribution < 1.29 is 9.53 Å². The van der Waals surface area contributed by atoms with E-state index >= 15 is 0 Å². The number of benzene rings is 2. The van der Waals surface area contributed by atoms with E-state index in [4.69, 9.17) is 27.9 Å². The van der Waals surface area contributed by atoms with Gasteiger partial charge in [-0.2, -0.15) is 0 Å². The molecule has 2 unspecified atom stereocenters. The minimum Gasteiger partial charge on any atom is -0.381 e. The summed E-state index contributed by atoms with van der Waals surface area (Å²) in [6.45, 7) is 3.92. The van der Waals surface area contributed by atoms with Crippen molar-refractivity contribution in [2.75, 3.05) is 19.8 Å². The van der Waals surface area contributed by atoms with E-state index < -0.39 is 0 Å². The molecule has 0 bridgehead atoms. The molecule has 1 aliphatic heterocycles. The molecular weight excluding hydrogens is 357 g/mol. The molecule has 3 nitrogen and oxygen atoms in total. The molecule has 0 spiro atoms. The summed E-state index contributed by atoms with van der Waals surface area (Å²) in [6.07, 6.45) is 0.912. The average molecular weight is 378 g/mol. The second-order valence-corrected chi connectivity index (χ2v) is 7.32. The molecule has 2 aromatic rings. The van der Waals surface area contributed by atoms with Crippen molar-refractivity contribution in [1.82, 2.24) is 5.32 Å². The molecule has 1 N–H and O–H groups in total. The molecule has 0 aromatic heterocycles. The molecule has 0 aliphatic carbocycles. The number of aryl methyl sites for hydroxylation is 1. The third-order valence-electron chi connectivity index (χ3n) is 4.69. The molecular formula is C20H21Cl2NO2. The van der Waals surface area contributed by atoms with Crippen LogP contribution in [0.4, 0.5) is 0 Å². The highest BCUT2D eigenvalue weighted by molar-refractivity contribution is 6.33. The second-order valence-electron chi connectivity index (χ2n) is 6.48. The standard InChI is InChI=1S/C20H21Cl2NO2/c1-13-2-7-19(22)17(10-13)20(24)23-11-15-8-9-25-12-18(15)14-3-5-16(21)6-4-14/h2-7,10,15,18H,8-9,11-12H2,1H3,(H,23,24). The van der Waals surface area contributed by atoms with Crippen molar-refractivity contribution >= 4 is 29.1 Å². The normalized spacial score (nSPS) is 20.3. The van der Waals surface area contributed by atoms with Crippen LogP contribution in [0.3, 0.4) is 0 Å². The first-order valence-electron chi connectivity index (χ1n) is 8.42. The van der Waals surface area contributed by atoms with Crippen molar-refractivity contribution in [3.05, 3.63) is 69.2 Å². The Kier molecular flexibility index (Phi) is 6.00. The smallest absolute Gasteiger partial charge is 0.252 e. The highest BCUT2D eigenvalue weighted by atomic mass is 35.5. The van der Waals surface area contributed by atoms with E-state index in [1.54, 1.807) is 6.07 Å². The van der Waals surface area contributed by atoms with Gasteiger partial charge in [0.2, 0.25) is 0 Å². The van der Waals surface area contributed by atoms with Gasteiger partial charge in [-0.25, -0.2) is 0 Å². The number of hydrogen-bond donors (Lipinski definition) is 1. The summed E-state index contributed by atoms with van der Waals surface area (Å²) in [7, 11) is 0. The van der Waals surface area contributed by atoms with Gasteiger partial charge in [0.15, 0.2) is 0 Å². The Balaban J connectivity index is 1.68. The predicted octanol–water partition coefficient (Wildman–Crippen LogP) is 4.85. The summed E-state index contributed by atoms with van der Waals surface area (Å²) in [5.41, 5.74) is 2.73. The zero-order valence-electron chi connectivity index (χ0n) is 14.1. The second kappa shape index (κ2) is 8.22. The van der Waals surface area contributed by atoms with Gasteiger partial charge in [-0.15, -0.1) is 0 Å². The fourth-order valence-corrected chi connectivity index (χ4v) is 3.57. The Morgan fingerprint density at radius 1 is 1.20 bits per heavy atom. The van der Waals surface area contributed by atoms with Gasteiger partial charge in [0.25, 0.3) is 5.91 Å². The van der Waals surface area contributed by atoms with Crippen molar-refractivity contribution in [1.29, 1.82) is 0 Å². The lowest BCUT2D eigenvalue weighted by Crippen LogP contribution is -2.36. The van der Waals surface area contributed by atoms with Gasteiger partial charge < -0.3 is 10.1 Å². The summed E-state index contributed by atoms with van der Waals surface area (Å²) in [5, 5.41) is 4.24. The van der Waals surface area contributed by atoms with Gasteiger partial charge in [-0.3, -0.25) is 4.79 Å². The molecule has 132 valence electrons. The summed E-state index contributed by atoms with van der Waals surface area (Å²) < 4.78 is 5.66. The van der Waals surface area contributed by atoms with Crippen LogP contribution in [-0.2, 0) is 4.74 Å². The first-order valence-corrected chi connectivity index (χ1v) is 9.18. The average Bonchev–Trinajstić information content (AvgIpc) is 2.63. The van der Waals surface area contributed by atoms with Crippen molar-refractivity contribution in [3.8, 4) is 0 Å². The number of carbonyl (C=O) groups is 1. The van der Waals surface area contributed by atoms with E-state index in [1.165, 1.54) is 5.56 Å². The molecule has 1 aliphatic rings. The van der Waals surface area contributed by atoms with E-state index in [1.807, 2.05) is 43.3 Å². The fourth-order valence-electron chi connectivity index (χ4n) is 3.24. The largest absolute Gasteiger partial charge is 0.381 e. The topological polar surface area (TPSA) is 38.3 Å². The van der Waals surface area contributed by atoms with E-state index in [-0.39, 0.29) is 11.8 Å². The van der Waals surface area contributed by atoms with E-state index in [9.17, 15) is 4.79 Å². The van der Waals surface area contributed by atoms with Crippen LogP contribution >= 0.6 is 23.2 Å². The van der Waals surface area contributed by atoms with Gasteiger partial charge >= 0.3 is 0 Å². The van der Waals surface area contributed by atoms with E-state index in [2.05, 4.69) is 5.32 Å². The lowest BCUT2D eigenvalue weighted by molar-refractivity contribution is 0.0459. The maximum Gasteiger partial charge on any atom is 0.252 e. The quantitative estimate of drug-likeness (QED) is 0.826. The van der Waals surface area contributed by atoms with Gasteiger partial charge in [0.1, 0.15) is 0 Å². The number of hydrogen-bond acceptors (Lipinski definition) is 2. The third kappa shape index (κ3) is 4.55. The van der Waals surface area contributed by atoms with Crippen LogP contribution in [-0.4, -0.2) is 25.7 Å². The molecule has 0 saturated carbocycles. The first-order chi connectivity index (χ1) is 12.0. The van der Waals surface area contributed by atoms with Crippen molar-refractivity contribution in [2.45, 2.75) is 19.3 Å². The Morgan fingerprint density at radius 2 is 1.96 bits per heavy atom. The number of ether oxygens (including phenoxy) is 1. The van der Waals surface area contributed by atoms with E-state index in [0.29, 0.717) is 29.7 Å². The third-order valence-corrected chi connectivity index (χ3v) is 5.27. The molecule has 1 saturated heterocycles. The zero-order valence-corrected chi connectivity index (χ0v) is 15.6. The maximum absolute atomic E-state index is 12.5. The van der Waals surface area contributed by atoms with Gasteiger partial charge in [0.05, 0.1) is 17.2 Å². The highest BCUT2D eigenvalue weighted by Gasteiger charge is 2.27. The van der Waals surface area contributed by atoms with Crippen LogP contribution in [0.5, 0.6) is 0 Å². The first kappa shape index (κ1) is 18.2. The minimum absolute atomic E-state index is 0.130. The highest BCUT2D eigenvalue weighted by Crippen LogP contribution is 2.31. The molecule has 1 fully saturated rings.